The lowest BCUT2D eigenvalue weighted by Gasteiger charge is -2.23. The zero-order valence-corrected chi connectivity index (χ0v) is 15.4. The van der Waals surface area contributed by atoms with E-state index in [0.717, 1.165) is 25.9 Å². The first-order chi connectivity index (χ1) is 13.3. The van der Waals surface area contributed by atoms with Gasteiger partial charge in [-0.25, -0.2) is 4.39 Å². The van der Waals surface area contributed by atoms with Gasteiger partial charge in [-0.2, -0.15) is 28.1 Å². The molecular weight excluding hydrogens is 402 g/mol. The maximum atomic E-state index is 13.3. The predicted molar refractivity (Wildman–Crippen MR) is 95.1 cm³/mol. The molecule has 0 spiro atoms. The molecule has 1 aromatic carbocycles. The van der Waals surface area contributed by atoms with Crippen LogP contribution in [0.25, 0.3) is 0 Å². The Balaban J connectivity index is 1.81. The molecule has 2 N–H and O–H groups in total. The number of hydrogen-bond donors (Lipinski definition) is 2. The summed E-state index contributed by atoms with van der Waals surface area (Å²) in [6.45, 7) is 0.133. The average Bonchev–Trinajstić information content (AvgIpc) is 2.63. The number of piperidine rings is 1. The first-order valence-corrected chi connectivity index (χ1v) is 9.02. The molecule has 152 valence electrons. The van der Waals surface area contributed by atoms with Crippen molar-refractivity contribution in [2.75, 3.05) is 25.0 Å². The minimum atomic E-state index is -4.51. The summed E-state index contributed by atoms with van der Waals surface area (Å²) < 4.78 is 55.4. The van der Waals surface area contributed by atoms with E-state index in [9.17, 15) is 17.6 Å². The van der Waals surface area contributed by atoms with Gasteiger partial charge in [-0.1, -0.05) is 17.7 Å². The molecule has 0 aliphatic carbocycles. The summed E-state index contributed by atoms with van der Waals surface area (Å²) in [5.41, 5.74) is 0.604. The lowest BCUT2D eigenvalue weighted by molar-refractivity contribution is -0.154. The Morgan fingerprint density at radius 3 is 2.61 bits per heavy atom. The van der Waals surface area contributed by atoms with Crippen LogP contribution in [-0.4, -0.2) is 46.9 Å². The minimum absolute atomic E-state index is 0.0619. The predicted octanol–water partition coefficient (Wildman–Crippen LogP) is 3.36. The number of aromatic nitrogens is 3. The second-order valence-electron chi connectivity index (χ2n) is 6.36. The molecule has 28 heavy (non-hydrogen) atoms. The highest BCUT2D eigenvalue weighted by Gasteiger charge is 2.29. The van der Waals surface area contributed by atoms with Gasteiger partial charge in [0.2, 0.25) is 5.95 Å². The fraction of sp³-hybridized carbons (Fsp3) is 0.471. The molecule has 1 aliphatic heterocycles. The zero-order valence-electron chi connectivity index (χ0n) is 14.7. The van der Waals surface area contributed by atoms with Gasteiger partial charge < -0.3 is 15.4 Å². The Morgan fingerprint density at radius 2 is 1.93 bits per heavy atom. The van der Waals surface area contributed by atoms with Crippen LogP contribution in [0.3, 0.4) is 0 Å². The maximum absolute atomic E-state index is 13.3. The molecule has 0 saturated carbocycles. The van der Waals surface area contributed by atoms with E-state index in [1.54, 1.807) is 0 Å². The number of hydrogen-bond acceptors (Lipinski definition) is 6. The third-order valence-corrected chi connectivity index (χ3v) is 4.33. The molecule has 2 heterocycles. The topological polar surface area (TPSA) is 72.0 Å². The molecule has 1 fully saturated rings. The van der Waals surface area contributed by atoms with Crippen LogP contribution in [0.15, 0.2) is 18.2 Å². The van der Waals surface area contributed by atoms with Gasteiger partial charge in [0, 0.05) is 12.5 Å². The molecule has 6 nitrogen and oxygen atoms in total. The fourth-order valence-electron chi connectivity index (χ4n) is 2.73. The van der Waals surface area contributed by atoms with E-state index in [-0.39, 0.29) is 29.3 Å². The number of halogens is 5. The van der Waals surface area contributed by atoms with Gasteiger partial charge in [0.15, 0.2) is 6.61 Å². The molecule has 0 unspecified atom stereocenters. The first kappa shape index (κ1) is 20.5. The normalized spacial score (nSPS) is 15.5. The summed E-state index contributed by atoms with van der Waals surface area (Å²) in [5, 5.41) is 6.27. The monoisotopic (exact) mass is 419 g/mol. The van der Waals surface area contributed by atoms with Crippen LogP contribution in [0.4, 0.5) is 23.5 Å². The number of nitrogens with zero attached hydrogens (tertiary/aromatic N) is 3. The van der Waals surface area contributed by atoms with E-state index < -0.39 is 24.6 Å². The fourth-order valence-corrected chi connectivity index (χ4v) is 2.94. The van der Waals surface area contributed by atoms with Crippen molar-refractivity contribution in [3.05, 3.63) is 40.4 Å². The number of rotatable bonds is 6. The average molecular weight is 420 g/mol. The van der Waals surface area contributed by atoms with E-state index in [2.05, 4.69) is 25.6 Å². The van der Waals surface area contributed by atoms with Gasteiger partial charge in [-0.05, 0) is 43.6 Å². The lowest BCUT2D eigenvalue weighted by atomic mass is 10.1. The molecule has 3 rings (SSSR count). The molecular formula is C17H18ClF4N5O. The van der Waals surface area contributed by atoms with Crippen molar-refractivity contribution in [3.8, 4) is 6.01 Å². The van der Waals surface area contributed by atoms with Crippen molar-refractivity contribution < 1.29 is 22.3 Å². The molecule has 0 bridgehead atoms. The van der Waals surface area contributed by atoms with E-state index in [1.165, 1.54) is 18.2 Å². The second kappa shape index (κ2) is 8.87. The van der Waals surface area contributed by atoms with Crippen LogP contribution in [0.5, 0.6) is 6.01 Å². The number of nitrogens with one attached hydrogen (secondary N) is 2. The Labute approximate surface area is 163 Å². The SMILES string of the molecule is Fc1ccc(Cc2nc(NC3CCNCC3)nc(OCC(F)(F)F)n2)cc1Cl. The Morgan fingerprint density at radius 1 is 1.18 bits per heavy atom. The molecule has 1 aromatic heterocycles. The van der Waals surface area contributed by atoms with Crippen molar-refractivity contribution in [2.45, 2.75) is 31.5 Å². The van der Waals surface area contributed by atoms with Crippen LogP contribution < -0.4 is 15.4 Å². The van der Waals surface area contributed by atoms with Crippen LogP contribution in [-0.2, 0) is 6.42 Å². The summed E-state index contributed by atoms with van der Waals surface area (Å²) >= 11 is 5.78. The molecule has 0 radical (unpaired) electrons. The lowest BCUT2D eigenvalue weighted by Crippen LogP contribution is -2.35. The highest BCUT2D eigenvalue weighted by atomic mass is 35.5. The van der Waals surface area contributed by atoms with Crippen molar-refractivity contribution in [1.82, 2.24) is 20.3 Å². The van der Waals surface area contributed by atoms with Gasteiger partial charge >= 0.3 is 12.2 Å². The maximum Gasteiger partial charge on any atom is 0.422 e. The highest BCUT2D eigenvalue weighted by molar-refractivity contribution is 6.30. The third-order valence-electron chi connectivity index (χ3n) is 4.04. The largest absolute Gasteiger partial charge is 0.454 e. The quantitative estimate of drug-likeness (QED) is 0.700. The van der Waals surface area contributed by atoms with Crippen LogP contribution >= 0.6 is 11.6 Å². The molecule has 11 heteroatoms. The summed E-state index contributed by atoms with van der Waals surface area (Å²) in [4.78, 5) is 12.2. The van der Waals surface area contributed by atoms with Gasteiger partial charge in [-0.15, -0.1) is 0 Å². The van der Waals surface area contributed by atoms with Gasteiger partial charge in [0.05, 0.1) is 5.02 Å². The standard InChI is InChI=1S/C17H18ClF4N5O/c18-12-7-10(1-2-13(12)19)8-14-25-15(24-11-3-5-23-6-4-11)27-16(26-14)28-9-17(20,21)22/h1-2,7,11,23H,3-6,8-9H2,(H,24,25,26,27). The van der Waals surface area contributed by atoms with E-state index in [4.69, 9.17) is 16.3 Å². The number of benzene rings is 1. The summed E-state index contributed by atoms with van der Waals surface area (Å²) in [6, 6.07) is 3.78. The number of alkyl halides is 3. The third kappa shape index (κ3) is 6.16. The van der Waals surface area contributed by atoms with Crippen LogP contribution in [0.1, 0.15) is 24.2 Å². The van der Waals surface area contributed by atoms with Gasteiger partial charge in [0.25, 0.3) is 0 Å². The molecule has 2 aromatic rings. The smallest absolute Gasteiger partial charge is 0.422 e. The summed E-state index contributed by atoms with van der Waals surface area (Å²) in [7, 11) is 0. The first-order valence-electron chi connectivity index (χ1n) is 8.64. The Hall–Kier alpha value is -2.20. The zero-order chi connectivity index (χ0) is 20.1. The van der Waals surface area contributed by atoms with Crippen molar-refractivity contribution in [1.29, 1.82) is 0 Å². The summed E-state index contributed by atoms with van der Waals surface area (Å²) in [5.74, 6) is -0.239. The van der Waals surface area contributed by atoms with Crippen molar-refractivity contribution in [3.63, 3.8) is 0 Å². The van der Waals surface area contributed by atoms with E-state index >= 15 is 0 Å². The van der Waals surface area contributed by atoms with Crippen molar-refractivity contribution in [2.24, 2.45) is 0 Å². The Bertz CT molecular complexity index is 815. The number of anilines is 1. The molecule has 0 amide bonds. The van der Waals surface area contributed by atoms with Crippen LogP contribution in [0.2, 0.25) is 5.02 Å². The summed E-state index contributed by atoms with van der Waals surface area (Å²) in [6.07, 6.45) is -2.73. The van der Waals surface area contributed by atoms with E-state index in [0.29, 0.717) is 5.56 Å². The van der Waals surface area contributed by atoms with E-state index in [1.807, 2.05) is 0 Å². The Kier molecular flexibility index (Phi) is 6.50. The molecule has 0 atom stereocenters. The van der Waals surface area contributed by atoms with Gasteiger partial charge in [0.1, 0.15) is 11.6 Å². The second-order valence-corrected chi connectivity index (χ2v) is 6.76. The van der Waals surface area contributed by atoms with Gasteiger partial charge in [-0.3, -0.25) is 0 Å². The van der Waals surface area contributed by atoms with Crippen LogP contribution in [0, 0.1) is 5.82 Å². The van der Waals surface area contributed by atoms with Crippen molar-refractivity contribution >= 4 is 17.5 Å². The molecule has 1 aliphatic rings. The number of ether oxygens (including phenoxy) is 1. The highest BCUT2D eigenvalue weighted by Crippen LogP contribution is 2.21. The minimum Gasteiger partial charge on any atom is -0.454 e. The molecule has 1 saturated heterocycles.